The lowest BCUT2D eigenvalue weighted by Gasteiger charge is -2.08. The van der Waals surface area contributed by atoms with Gasteiger partial charge in [0.15, 0.2) is 9.84 Å². The van der Waals surface area contributed by atoms with Crippen molar-refractivity contribution in [2.75, 3.05) is 11.1 Å². The predicted octanol–water partition coefficient (Wildman–Crippen LogP) is 4.22. The molecular formula is C21H22ClN3O3S. The second-order valence-corrected chi connectivity index (χ2v) is 9.81. The summed E-state index contributed by atoms with van der Waals surface area (Å²) < 4.78 is 27.0. The number of hydrogen-bond donors (Lipinski definition) is 1. The molecule has 2 heterocycles. The molecule has 6 nitrogen and oxygen atoms in total. The first kappa shape index (κ1) is 19.9. The van der Waals surface area contributed by atoms with Gasteiger partial charge in [-0.25, -0.2) is 13.4 Å². The fourth-order valence-electron chi connectivity index (χ4n) is 3.64. The molecular weight excluding hydrogens is 410 g/mol. The topological polar surface area (TPSA) is 81.1 Å². The van der Waals surface area contributed by atoms with E-state index in [0.717, 1.165) is 42.7 Å². The van der Waals surface area contributed by atoms with Crippen LogP contribution in [0, 0.1) is 0 Å². The maximum absolute atomic E-state index is 12.4. The smallest absolute Gasteiger partial charge is 0.225 e. The van der Waals surface area contributed by atoms with E-state index in [4.69, 9.17) is 16.6 Å². The number of rotatable bonds is 5. The Morgan fingerprint density at radius 3 is 2.69 bits per heavy atom. The molecule has 0 bridgehead atoms. The Morgan fingerprint density at radius 1 is 1.10 bits per heavy atom. The molecule has 1 aromatic heterocycles. The molecule has 2 aromatic carbocycles. The van der Waals surface area contributed by atoms with Gasteiger partial charge in [-0.05, 0) is 55.3 Å². The fraction of sp³-hybridized carbons (Fsp3) is 0.333. The molecule has 0 atom stereocenters. The van der Waals surface area contributed by atoms with Crippen LogP contribution in [-0.2, 0) is 27.6 Å². The Bertz CT molecular complexity index is 1150. The number of carbonyl (C=O) groups excluding carboxylic acids is 1. The first-order valence-corrected chi connectivity index (χ1v) is 11.7. The number of amides is 1. The minimum absolute atomic E-state index is 0.122. The number of aromatic nitrogens is 2. The molecule has 1 aliphatic heterocycles. The van der Waals surface area contributed by atoms with Crippen LogP contribution in [0.4, 0.5) is 5.69 Å². The molecule has 1 N–H and O–H groups in total. The standard InChI is InChI=1S/C21H22ClN3O3S/c22-15-5-8-17(9-6-15)29(27,28)13-11-21(26)23-16-7-10-19-18(14-16)24-20-4-2-1-3-12-25(19)20/h5-10,14H,1-4,11-13H2,(H,23,26). The molecule has 3 aromatic rings. The number of benzene rings is 2. The summed E-state index contributed by atoms with van der Waals surface area (Å²) in [6, 6.07) is 11.6. The molecule has 4 rings (SSSR count). The van der Waals surface area contributed by atoms with Gasteiger partial charge in [0.05, 0.1) is 21.7 Å². The summed E-state index contributed by atoms with van der Waals surface area (Å²) in [5, 5.41) is 3.25. The van der Waals surface area contributed by atoms with Crippen LogP contribution in [0.15, 0.2) is 47.4 Å². The number of sulfone groups is 1. The van der Waals surface area contributed by atoms with Gasteiger partial charge < -0.3 is 9.88 Å². The summed E-state index contributed by atoms with van der Waals surface area (Å²) in [6.07, 6.45) is 4.37. The molecule has 29 heavy (non-hydrogen) atoms. The highest BCUT2D eigenvalue weighted by Gasteiger charge is 2.17. The lowest BCUT2D eigenvalue weighted by molar-refractivity contribution is -0.115. The number of carbonyl (C=O) groups is 1. The zero-order chi connectivity index (χ0) is 20.4. The summed E-state index contributed by atoms with van der Waals surface area (Å²) >= 11 is 5.80. The van der Waals surface area contributed by atoms with Gasteiger partial charge >= 0.3 is 0 Å². The molecule has 152 valence electrons. The van der Waals surface area contributed by atoms with E-state index in [-0.39, 0.29) is 23.0 Å². The van der Waals surface area contributed by atoms with Crippen molar-refractivity contribution >= 4 is 44.1 Å². The largest absolute Gasteiger partial charge is 0.328 e. The highest BCUT2D eigenvalue weighted by molar-refractivity contribution is 7.91. The van der Waals surface area contributed by atoms with Gasteiger partial charge in [0.25, 0.3) is 0 Å². The molecule has 8 heteroatoms. The van der Waals surface area contributed by atoms with E-state index in [1.807, 2.05) is 18.2 Å². The normalized spacial score (nSPS) is 14.4. The zero-order valence-corrected chi connectivity index (χ0v) is 17.5. The van der Waals surface area contributed by atoms with Gasteiger partial charge in [0.1, 0.15) is 5.82 Å². The summed E-state index contributed by atoms with van der Waals surface area (Å²) in [7, 11) is -3.54. The number of imidazole rings is 1. The van der Waals surface area contributed by atoms with Crippen molar-refractivity contribution in [2.45, 2.75) is 43.5 Å². The maximum atomic E-state index is 12.4. The van der Waals surface area contributed by atoms with Crippen LogP contribution in [-0.4, -0.2) is 29.6 Å². The average Bonchev–Trinajstić information content (AvgIpc) is 2.87. The minimum atomic E-state index is -3.54. The lowest BCUT2D eigenvalue weighted by Crippen LogP contribution is -2.17. The predicted molar refractivity (Wildman–Crippen MR) is 114 cm³/mol. The first-order valence-electron chi connectivity index (χ1n) is 9.70. The van der Waals surface area contributed by atoms with Crippen molar-refractivity contribution in [3.05, 3.63) is 53.3 Å². The van der Waals surface area contributed by atoms with Crippen molar-refractivity contribution < 1.29 is 13.2 Å². The average molecular weight is 432 g/mol. The highest BCUT2D eigenvalue weighted by atomic mass is 35.5. The monoisotopic (exact) mass is 431 g/mol. The third kappa shape index (κ3) is 4.46. The molecule has 0 radical (unpaired) electrons. The van der Waals surface area contributed by atoms with Crippen LogP contribution in [0.2, 0.25) is 5.02 Å². The van der Waals surface area contributed by atoms with E-state index >= 15 is 0 Å². The highest BCUT2D eigenvalue weighted by Crippen LogP contribution is 2.24. The van der Waals surface area contributed by atoms with Crippen LogP contribution in [0.1, 0.15) is 31.5 Å². The Labute approximate surface area is 174 Å². The Balaban J connectivity index is 1.43. The van der Waals surface area contributed by atoms with E-state index in [1.54, 1.807) is 0 Å². The van der Waals surface area contributed by atoms with E-state index < -0.39 is 9.84 Å². The Hall–Kier alpha value is -2.38. The summed E-state index contributed by atoms with van der Waals surface area (Å²) in [5.74, 6) is 0.485. The van der Waals surface area contributed by atoms with E-state index in [1.165, 1.54) is 30.7 Å². The van der Waals surface area contributed by atoms with Crippen molar-refractivity contribution in [3.8, 4) is 0 Å². The number of nitrogens with one attached hydrogen (secondary N) is 1. The van der Waals surface area contributed by atoms with Crippen molar-refractivity contribution in [1.29, 1.82) is 0 Å². The quantitative estimate of drug-likeness (QED) is 0.655. The van der Waals surface area contributed by atoms with Crippen molar-refractivity contribution in [3.63, 3.8) is 0 Å². The zero-order valence-electron chi connectivity index (χ0n) is 15.9. The van der Waals surface area contributed by atoms with Crippen LogP contribution >= 0.6 is 11.6 Å². The molecule has 0 saturated heterocycles. The first-order chi connectivity index (χ1) is 13.9. The van der Waals surface area contributed by atoms with Crippen LogP contribution < -0.4 is 5.32 Å². The van der Waals surface area contributed by atoms with Gasteiger partial charge in [-0.15, -0.1) is 0 Å². The molecule has 1 amide bonds. The summed E-state index contributed by atoms with van der Waals surface area (Å²) in [4.78, 5) is 17.2. The number of fused-ring (bicyclic) bond motifs is 3. The maximum Gasteiger partial charge on any atom is 0.225 e. The van der Waals surface area contributed by atoms with Gasteiger partial charge in [-0.3, -0.25) is 4.79 Å². The number of nitrogens with zero attached hydrogens (tertiary/aromatic N) is 2. The van der Waals surface area contributed by atoms with Gasteiger partial charge in [0, 0.05) is 30.1 Å². The van der Waals surface area contributed by atoms with E-state index in [9.17, 15) is 13.2 Å². The molecule has 0 fully saturated rings. The Morgan fingerprint density at radius 2 is 1.90 bits per heavy atom. The molecule has 1 aliphatic rings. The SMILES string of the molecule is O=C(CCS(=O)(=O)c1ccc(Cl)cc1)Nc1ccc2c(c1)nc1n2CCCCC1. The molecule has 0 aliphatic carbocycles. The molecule has 0 unspecified atom stereocenters. The summed E-state index contributed by atoms with van der Waals surface area (Å²) in [5.41, 5.74) is 2.55. The van der Waals surface area contributed by atoms with Gasteiger partial charge in [-0.2, -0.15) is 0 Å². The Kier molecular flexibility index (Phi) is 5.61. The van der Waals surface area contributed by atoms with Crippen LogP contribution in [0.3, 0.4) is 0 Å². The number of hydrogen-bond acceptors (Lipinski definition) is 4. The van der Waals surface area contributed by atoms with Crippen molar-refractivity contribution in [1.82, 2.24) is 9.55 Å². The second kappa shape index (κ2) is 8.16. The summed E-state index contributed by atoms with van der Waals surface area (Å²) in [6.45, 7) is 0.972. The number of anilines is 1. The van der Waals surface area contributed by atoms with Crippen LogP contribution in [0.5, 0.6) is 0 Å². The number of aryl methyl sites for hydroxylation is 2. The van der Waals surface area contributed by atoms with Gasteiger partial charge in [-0.1, -0.05) is 18.0 Å². The van der Waals surface area contributed by atoms with Crippen LogP contribution in [0.25, 0.3) is 11.0 Å². The van der Waals surface area contributed by atoms with E-state index in [0.29, 0.717) is 10.7 Å². The molecule has 0 saturated carbocycles. The minimum Gasteiger partial charge on any atom is -0.328 e. The van der Waals surface area contributed by atoms with Gasteiger partial charge in [0.2, 0.25) is 5.91 Å². The lowest BCUT2D eigenvalue weighted by atomic mass is 10.2. The van der Waals surface area contributed by atoms with E-state index in [2.05, 4.69) is 9.88 Å². The second-order valence-electron chi connectivity index (χ2n) is 7.26. The molecule has 0 spiro atoms. The number of halogens is 1. The third-order valence-electron chi connectivity index (χ3n) is 5.16. The van der Waals surface area contributed by atoms with Crippen molar-refractivity contribution in [2.24, 2.45) is 0 Å². The third-order valence-corrected chi connectivity index (χ3v) is 7.15. The fourth-order valence-corrected chi connectivity index (χ4v) is 5.00.